The van der Waals surface area contributed by atoms with Crippen molar-refractivity contribution in [1.29, 1.82) is 0 Å². The number of hydrogen-bond acceptors (Lipinski definition) is 7. The van der Waals surface area contributed by atoms with E-state index in [2.05, 4.69) is 48.7 Å². The quantitative estimate of drug-likeness (QED) is 0.541. The van der Waals surface area contributed by atoms with E-state index < -0.39 is 11.2 Å². The van der Waals surface area contributed by atoms with E-state index in [1.54, 1.807) is 0 Å². The molecule has 1 N–H and O–H groups in total. The Balaban J connectivity index is 1.26. The molecule has 0 bridgehead atoms. The van der Waals surface area contributed by atoms with Gasteiger partial charge in [0.15, 0.2) is 22.1 Å². The van der Waals surface area contributed by atoms with Crippen LogP contribution in [0.25, 0.3) is 11.2 Å². The normalized spacial score (nSPS) is 20.3. The van der Waals surface area contributed by atoms with Crippen molar-refractivity contribution in [2.45, 2.75) is 44.8 Å². The first-order valence-corrected chi connectivity index (χ1v) is 13.2. The molecule has 4 heterocycles. The summed E-state index contributed by atoms with van der Waals surface area (Å²) in [5.41, 5.74) is 0.514. The van der Waals surface area contributed by atoms with Crippen LogP contribution in [0.2, 0.25) is 10.2 Å². The first-order valence-electron chi connectivity index (χ1n) is 12.5. The number of fused-ring (bicyclic) bond motifs is 1. The lowest BCUT2D eigenvalue weighted by molar-refractivity contribution is 0.0610. The van der Waals surface area contributed by atoms with Gasteiger partial charge in [0.2, 0.25) is 0 Å². The van der Waals surface area contributed by atoms with Crippen molar-refractivity contribution in [3.8, 4) is 0 Å². The third-order valence-corrected chi connectivity index (χ3v) is 8.02. The average Bonchev–Trinajstić information content (AvgIpc) is 2.89. The molecular weight excluding hydrogens is 501 g/mol. The van der Waals surface area contributed by atoms with Crippen LogP contribution in [0.4, 0.5) is 5.82 Å². The number of likely N-dealkylation sites (tertiary alicyclic amines) is 1. The predicted octanol–water partition coefficient (Wildman–Crippen LogP) is 2.89. The molecule has 0 spiro atoms. The molecule has 2 fully saturated rings. The van der Waals surface area contributed by atoms with Crippen LogP contribution >= 0.6 is 23.2 Å². The van der Waals surface area contributed by atoms with Crippen LogP contribution in [0, 0.1) is 0 Å². The van der Waals surface area contributed by atoms with Crippen molar-refractivity contribution < 1.29 is 0 Å². The minimum Gasteiger partial charge on any atom is -0.351 e. The number of rotatable bonds is 5. The highest BCUT2D eigenvalue weighted by molar-refractivity contribution is 6.32. The summed E-state index contributed by atoms with van der Waals surface area (Å²) in [6.45, 7) is 7.77. The van der Waals surface area contributed by atoms with Crippen molar-refractivity contribution in [3.63, 3.8) is 0 Å². The molecule has 2 aliphatic rings. The summed E-state index contributed by atoms with van der Waals surface area (Å²) in [5, 5.41) is 0.959. The molecule has 3 aromatic rings. The van der Waals surface area contributed by atoms with Crippen molar-refractivity contribution in [3.05, 3.63) is 60.8 Å². The third-order valence-electron chi connectivity index (χ3n) is 7.52. The molecule has 2 saturated heterocycles. The van der Waals surface area contributed by atoms with Crippen molar-refractivity contribution in [2.75, 3.05) is 37.6 Å². The molecular formula is C25H31Cl2N7O2. The van der Waals surface area contributed by atoms with Gasteiger partial charge in [-0.3, -0.25) is 24.1 Å². The molecule has 0 saturated carbocycles. The van der Waals surface area contributed by atoms with Crippen LogP contribution in [0.1, 0.15) is 31.7 Å². The van der Waals surface area contributed by atoms with Crippen molar-refractivity contribution in [2.24, 2.45) is 7.05 Å². The highest BCUT2D eigenvalue weighted by atomic mass is 35.5. The van der Waals surface area contributed by atoms with E-state index in [4.69, 9.17) is 23.2 Å². The fourth-order valence-corrected chi connectivity index (χ4v) is 5.82. The summed E-state index contributed by atoms with van der Waals surface area (Å²) in [6, 6.07) is 9.04. The fourth-order valence-electron chi connectivity index (χ4n) is 5.44. The maximum absolute atomic E-state index is 12.4. The van der Waals surface area contributed by atoms with Gasteiger partial charge in [-0.25, -0.2) is 14.8 Å². The molecule has 192 valence electrons. The maximum Gasteiger partial charge on any atom is 0.329 e. The van der Waals surface area contributed by atoms with Gasteiger partial charge in [-0.05, 0) is 50.0 Å². The molecule has 11 heteroatoms. The van der Waals surface area contributed by atoms with Gasteiger partial charge >= 0.3 is 5.69 Å². The first kappa shape index (κ1) is 25.2. The second-order valence-corrected chi connectivity index (χ2v) is 10.5. The molecule has 1 aromatic carbocycles. The van der Waals surface area contributed by atoms with Gasteiger partial charge < -0.3 is 4.90 Å². The molecule has 0 aliphatic carbocycles. The highest BCUT2D eigenvalue weighted by Gasteiger charge is 2.34. The second kappa shape index (κ2) is 10.5. The van der Waals surface area contributed by atoms with Crippen LogP contribution in [-0.2, 0) is 13.6 Å². The minimum atomic E-state index is -0.520. The average molecular weight is 532 g/mol. The lowest BCUT2D eigenvalue weighted by Gasteiger charge is -2.47. The number of hydrogen-bond donors (Lipinski definition) is 1. The van der Waals surface area contributed by atoms with E-state index in [0.717, 1.165) is 68.1 Å². The Hall–Kier alpha value is -2.46. The van der Waals surface area contributed by atoms with E-state index in [0.29, 0.717) is 17.9 Å². The number of halogens is 2. The van der Waals surface area contributed by atoms with Gasteiger partial charge in [0, 0.05) is 50.3 Å². The van der Waals surface area contributed by atoms with Gasteiger partial charge in [-0.2, -0.15) is 0 Å². The molecule has 0 unspecified atom stereocenters. The lowest BCUT2D eigenvalue weighted by atomic mass is 9.98. The van der Waals surface area contributed by atoms with Crippen molar-refractivity contribution >= 4 is 40.2 Å². The standard InChI is InChI=1S/C25H31Cl2N7O2/c1-3-18-15-33(23-21(27)28-20-22(29-23)30-25(36)31(2)24(20)35)12-13-34(18)19-8-10-32(11-9-19)14-16-4-6-17(26)7-5-16/h4-7,18-19H,3,8-15H2,1-2H3,(H,29,30,36)/t18-/m0/s1. The Morgan fingerprint density at radius 2 is 1.75 bits per heavy atom. The van der Waals surface area contributed by atoms with Gasteiger partial charge in [0.25, 0.3) is 5.56 Å². The molecule has 2 aromatic heterocycles. The topological polar surface area (TPSA) is 90.4 Å². The van der Waals surface area contributed by atoms with E-state index in [1.165, 1.54) is 12.6 Å². The number of benzene rings is 1. The maximum atomic E-state index is 12.4. The Bertz CT molecular complexity index is 1350. The van der Waals surface area contributed by atoms with Gasteiger partial charge in [-0.1, -0.05) is 42.3 Å². The number of aromatic nitrogens is 4. The van der Waals surface area contributed by atoms with E-state index in [-0.39, 0.29) is 16.3 Å². The van der Waals surface area contributed by atoms with Crippen LogP contribution in [-0.4, -0.2) is 74.1 Å². The lowest BCUT2D eigenvalue weighted by Crippen LogP contribution is -2.58. The number of piperidine rings is 1. The van der Waals surface area contributed by atoms with Gasteiger partial charge in [-0.15, -0.1) is 0 Å². The summed E-state index contributed by atoms with van der Waals surface area (Å²) in [6.07, 6.45) is 3.30. The molecule has 5 rings (SSSR count). The van der Waals surface area contributed by atoms with Crippen LogP contribution in [0.5, 0.6) is 0 Å². The number of H-pyrrole nitrogens is 1. The fraction of sp³-hybridized carbons (Fsp3) is 0.520. The van der Waals surface area contributed by atoms with Crippen LogP contribution in [0.15, 0.2) is 33.9 Å². The second-order valence-electron chi connectivity index (χ2n) is 9.71. The van der Waals surface area contributed by atoms with Gasteiger partial charge in [0.1, 0.15) is 0 Å². The molecule has 36 heavy (non-hydrogen) atoms. The highest BCUT2D eigenvalue weighted by Crippen LogP contribution is 2.29. The minimum absolute atomic E-state index is 0.0712. The molecule has 2 aliphatic heterocycles. The SMILES string of the molecule is CC[C@H]1CN(c2nc3[nH]c(=O)n(C)c(=O)c3nc2Cl)CCN1C1CCN(Cc2ccc(Cl)cc2)CC1. The summed E-state index contributed by atoms with van der Waals surface area (Å²) >= 11 is 12.5. The monoisotopic (exact) mass is 531 g/mol. The van der Waals surface area contributed by atoms with E-state index >= 15 is 0 Å². The van der Waals surface area contributed by atoms with Crippen LogP contribution < -0.4 is 16.1 Å². The zero-order valence-electron chi connectivity index (χ0n) is 20.6. The molecule has 0 radical (unpaired) electrons. The first-order chi connectivity index (χ1) is 17.3. The number of nitrogens with zero attached hydrogens (tertiary/aromatic N) is 6. The summed E-state index contributed by atoms with van der Waals surface area (Å²) in [5.74, 6) is 0.518. The Morgan fingerprint density at radius 1 is 1.03 bits per heavy atom. The summed E-state index contributed by atoms with van der Waals surface area (Å²) in [7, 11) is 1.40. The Morgan fingerprint density at radius 3 is 2.44 bits per heavy atom. The molecule has 0 amide bonds. The summed E-state index contributed by atoms with van der Waals surface area (Å²) in [4.78, 5) is 43.2. The number of nitrogens with one attached hydrogen (secondary N) is 1. The molecule has 1 atom stereocenters. The van der Waals surface area contributed by atoms with E-state index in [1.807, 2.05) is 12.1 Å². The smallest absolute Gasteiger partial charge is 0.329 e. The van der Waals surface area contributed by atoms with E-state index in [9.17, 15) is 9.59 Å². The zero-order valence-corrected chi connectivity index (χ0v) is 22.1. The largest absolute Gasteiger partial charge is 0.351 e. The van der Waals surface area contributed by atoms with Gasteiger partial charge in [0.05, 0.1) is 0 Å². The van der Waals surface area contributed by atoms with Crippen LogP contribution in [0.3, 0.4) is 0 Å². The Labute approximate surface area is 219 Å². The Kier molecular flexibility index (Phi) is 7.35. The third kappa shape index (κ3) is 5.02. The predicted molar refractivity (Wildman–Crippen MR) is 143 cm³/mol. The number of anilines is 1. The number of piperazine rings is 1. The molecule has 9 nitrogen and oxygen atoms in total. The number of aromatic amines is 1. The zero-order chi connectivity index (χ0) is 25.4. The van der Waals surface area contributed by atoms with Crippen molar-refractivity contribution in [1.82, 2.24) is 29.3 Å². The summed E-state index contributed by atoms with van der Waals surface area (Å²) < 4.78 is 0.972.